The van der Waals surface area contributed by atoms with E-state index in [0.29, 0.717) is 37.2 Å². The monoisotopic (exact) mass is 720 g/mol. The first-order chi connectivity index (χ1) is 24.9. The van der Waals surface area contributed by atoms with E-state index in [0.717, 1.165) is 24.8 Å². The normalized spacial score (nSPS) is 37.6. The van der Waals surface area contributed by atoms with Crippen LogP contribution < -0.4 is 5.32 Å². The van der Waals surface area contributed by atoms with Crippen molar-refractivity contribution < 1.29 is 43.2 Å². The second kappa shape index (κ2) is 12.9. The molecule has 14 nitrogen and oxygen atoms in total. The number of anilines is 1. The number of esters is 1. The minimum atomic E-state index is -0.759. The molecular weight excluding hydrogens is 672 g/mol. The van der Waals surface area contributed by atoms with E-state index >= 15 is 0 Å². The largest absolute Gasteiger partial charge is 0.472 e. The van der Waals surface area contributed by atoms with E-state index in [2.05, 4.69) is 43.3 Å². The van der Waals surface area contributed by atoms with Crippen molar-refractivity contribution in [1.82, 2.24) is 10.3 Å². The minimum Gasteiger partial charge on any atom is -0.472 e. The Morgan fingerprint density at radius 3 is 2.67 bits per heavy atom. The Hall–Kier alpha value is -3.85. The first kappa shape index (κ1) is 35.2. The van der Waals surface area contributed by atoms with E-state index in [1.54, 1.807) is 12.3 Å². The molecule has 2 aliphatic heterocycles. The Labute approximate surface area is 301 Å². The number of carbonyl (C=O) groups is 1. The van der Waals surface area contributed by atoms with Crippen molar-refractivity contribution in [1.29, 1.82) is 0 Å². The van der Waals surface area contributed by atoms with Gasteiger partial charge in [0.2, 0.25) is 5.52 Å². The van der Waals surface area contributed by atoms with Crippen LogP contribution in [0.2, 0.25) is 0 Å². The van der Waals surface area contributed by atoms with E-state index in [4.69, 9.17) is 23.3 Å². The van der Waals surface area contributed by atoms with Crippen LogP contribution in [-0.2, 0) is 19.0 Å². The van der Waals surface area contributed by atoms with Crippen LogP contribution in [0.25, 0.3) is 11.0 Å². The Morgan fingerprint density at radius 1 is 1.10 bits per heavy atom. The van der Waals surface area contributed by atoms with Crippen LogP contribution in [0.1, 0.15) is 84.1 Å². The zero-order valence-corrected chi connectivity index (χ0v) is 30.1. The van der Waals surface area contributed by atoms with Gasteiger partial charge in [-0.05, 0) is 72.1 Å². The number of furan rings is 1. The summed E-state index contributed by atoms with van der Waals surface area (Å²) in [6.45, 7) is 9.94. The summed E-state index contributed by atoms with van der Waals surface area (Å²) in [7, 11) is 0. The molecule has 1 aromatic carbocycles. The first-order valence-electron chi connectivity index (χ1n) is 18.6. The smallest absolute Gasteiger partial charge is 0.305 e. The summed E-state index contributed by atoms with van der Waals surface area (Å²) in [6, 6.07) is 4.98. The highest BCUT2D eigenvalue weighted by Gasteiger charge is 2.76. The number of carbonyl (C=O) groups excluding carboxylic acids is 1. The highest BCUT2D eigenvalue weighted by Crippen LogP contribution is 2.73. The number of nitro groups is 1. The summed E-state index contributed by atoms with van der Waals surface area (Å²) in [5.41, 5.74) is 2.90. The van der Waals surface area contributed by atoms with Gasteiger partial charge in [-0.1, -0.05) is 32.8 Å². The summed E-state index contributed by atoms with van der Waals surface area (Å²) in [6.07, 6.45) is 5.57. The molecule has 280 valence electrons. The molecule has 3 aliphatic carbocycles. The predicted molar refractivity (Wildman–Crippen MR) is 186 cm³/mol. The number of aliphatic hydroxyl groups is 2. The number of rotatable bonds is 12. The summed E-state index contributed by atoms with van der Waals surface area (Å²) in [5.74, 6) is -0.307. The summed E-state index contributed by atoms with van der Waals surface area (Å²) in [5, 5.41) is 45.2. The highest BCUT2D eigenvalue weighted by molar-refractivity contribution is 5.93. The number of benzene rings is 1. The standard InChI is InChI=1S/C38H48N4O10/c1-20-22(21-11-14-48-18-21)16-25-30(20)38(4)26(37(3)28(44)17-27(43)36(2)19-50-33(34(36)37)35(38)51-25)12-15-49-29(45)8-6-5-7-13-39-23-9-10-24(42(46)47)32-31(23)40-52-41-32/h9-11,14,18,22,25-28,33-35,39,43-44H,5-8,12-13,15-17,19H2,1-4H3/t22-,25-,26-,27-,28+,33-,34+,35-,36-,37+,38-/m1/s1. The van der Waals surface area contributed by atoms with Gasteiger partial charge in [-0.3, -0.25) is 14.9 Å². The number of nitro benzene ring substituents is 1. The minimum absolute atomic E-state index is 0.0882. The highest BCUT2D eigenvalue weighted by atomic mass is 16.6. The van der Waals surface area contributed by atoms with Crippen molar-refractivity contribution in [3.8, 4) is 0 Å². The lowest BCUT2D eigenvalue weighted by atomic mass is 9.40. The fourth-order valence-electron chi connectivity index (χ4n) is 11.4. The lowest BCUT2D eigenvalue weighted by Gasteiger charge is -2.65. The van der Waals surface area contributed by atoms with Gasteiger partial charge in [-0.25, -0.2) is 4.63 Å². The third-order valence-electron chi connectivity index (χ3n) is 13.8. The topological polar surface area (TPSA) is 192 Å². The molecule has 8 rings (SSSR count). The van der Waals surface area contributed by atoms with Crippen molar-refractivity contribution in [2.24, 2.45) is 28.1 Å². The van der Waals surface area contributed by atoms with Crippen molar-refractivity contribution in [2.75, 3.05) is 25.1 Å². The number of aromatic nitrogens is 2. The molecule has 5 aliphatic rings. The van der Waals surface area contributed by atoms with Gasteiger partial charge in [0.25, 0.3) is 0 Å². The molecule has 3 N–H and O–H groups in total. The molecule has 0 spiro atoms. The Kier molecular flexibility index (Phi) is 8.75. The third-order valence-corrected chi connectivity index (χ3v) is 13.8. The molecular formula is C38H48N4O10. The Morgan fingerprint density at radius 2 is 1.90 bits per heavy atom. The molecule has 11 atom stereocenters. The second-order valence-electron chi connectivity index (χ2n) is 16.3. The van der Waals surface area contributed by atoms with Gasteiger partial charge in [0, 0.05) is 53.5 Å². The van der Waals surface area contributed by atoms with Gasteiger partial charge in [-0.15, -0.1) is 0 Å². The quantitative estimate of drug-likeness (QED) is 0.0680. The molecule has 14 heteroatoms. The number of non-ortho nitro benzene ring substituents is 1. The number of fused-ring (bicyclic) bond motifs is 5. The van der Waals surface area contributed by atoms with Crippen molar-refractivity contribution >= 4 is 28.4 Å². The molecule has 0 radical (unpaired) electrons. The van der Waals surface area contributed by atoms with Crippen LogP contribution in [-0.4, -0.2) is 81.7 Å². The zero-order chi connectivity index (χ0) is 36.6. The number of hydrogen-bond donors (Lipinski definition) is 3. The molecule has 2 saturated heterocycles. The number of allylic oxidation sites excluding steroid dienone is 1. The van der Waals surface area contributed by atoms with E-state index in [9.17, 15) is 25.1 Å². The van der Waals surface area contributed by atoms with Gasteiger partial charge >= 0.3 is 11.7 Å². The van der Waals surface area contributed by atoms with E-state index in [1.807, 2.05) is 12.3 Å². The van der Waals surface area contributed by atoms with Crippen LogP contribution >= 0.6 is 0 Å². The van der Waals surface area contributed by atoms with Crippen molar-refractivity contribution in [3.63, 3.8) is 0 Å². The van der Waals surface area contributed by atoms with Gasteiger partial charge in [0.15, 0.2) is 5.52 Å². The SMILES string of the molecule is CC1=C2[C@@H](C[C@H]1c1ccoc1)O[C@@H]1[C@@H]3OC[C@]4(C)[C@H](O)C[C@H](O)[C@@](C)([C@@H]34)[C@@H](CCOC(=O)CCCCCNc3ccc([N+](=O)[O-])c4nonc34)[C@]21C. The fourth-order valence-corrected chi connectivity index (χ4v) is 11.4. The van der Waals surface area contributed by atoms with Crippen LogP contribution in [0, 0.1) is 38.2 Å². The molecule has 0 bridgehead atoms. The zero-order valence-electron chi connectivity index (χ0n) is 30.1. The van der Waals surface area contributed by atoms with Gasteiger partial charge in [0.05, 0.1) is 66.9 Å². The number of unbranched alkanes of at least 4 members (excludes halogenated alkanes) is 2. The maximum absolute atomic E-state index is 13.0. The van der Waals surface area contributed by atoms with Crippen molar-refractivity contribution in [2.45, 2.75) is 109 Å². The molecule has 52 heavy (non-hydrogen) atoms. The molecule has 2 aromatic heterocycles. The maximum atomic E-state index is 13.0. The fraction of sp³-hybridized carbons (Fsp3) is 0.658. The average Bonchev–Trinajstić information content (AvgIpc) is 3.94. The number of aliphatic hydroxyl groups excluding tert-OH is 2. The van der Waals surface area contributed by atoms with E-state index in [-0.39, 0.29) is 72.7 Å². The summed E-state index contributed by atoms with van der Waals surface area (Å²) in [4.78, 5) is 23.8. The van der Waals surface area contributed by atoms with Crippen LogP contribution in [0.5, 0.6) is 0 Å². The van der Waals surface area contributed by atoms with Crippen molar-refractivity contribution in [3.05, 3.63) is 57.5 Å². The molecule has 4 heterocycles. The number of ether oxygens (including phenoxy) is 3. The molecule has 3 aromatic rings. The third kappa shape index (κ3) is 5.15. The molecule has 4 fully saturated rings. The first-order valence-corrected chi connectivity index (χ1v) is 18.6. The molecule has 2 saturated carbocycles. The van der Waals surface area contributed by atoms with Gasteiger partial charge in [-0.2, -0.15) is 0 Å². The molecule has 0 unspecified atom stereocenters. The lowest BCUT2D eigenvalue weighted by Crippen LogP contribution is -2.70. The Balaban J connectivity index is 0.933. The maximum Gasteiger partial charge on any atom is 0.305 e. The van der Waals surface area contributed by atoms with Crippen LogP contribution in [0.15, 0.2) is 50.9 Å². The summed E-state index contributed by atoms with van der Waals surface area (Å²) >= 11 is 0. The predicted octanol–water partition coefficient (Wildman–Crippen LogP) is 5.69. The van der Waals surface area contributed by atoms with Gasteiger partial charge in [0.1, 0.15) is 0 Å². The lowest BCUT2D eigenvalue weighted by molar-refractivity contribution is -0.383. The summed E-state index contributed by atoms with van der Waals surface area (Å²) < 4.78 is 29.7. The number of hydrogen-bond acceptors (Lipinski definition) is 13. The number of nitrogens with zero attached hydrogens (tertiary/aromatic N) is 3. The van der Waals surface area contributed by atoms with Crippen LogP contribution in [0.4, 0.5) is 11.4 Å². The van der Waals surface area contributed by atoms with E-state index < -0.39 is 33.4 Å². The Bertz CT molecular complexity index is 1880. The molecule has 0 amide bonds. The van der Waals surface area contributed by atoms with Crippen LogP contribution in [0.3, 0.4) is 0 Å². The average molecular weight is 721 g/mol. The van der Waals surface area contributed by atoms with Gasteiger partial charge < -0.3 is 34.2 Å². The number of nitrogens with one attached hydrogen (secondary N) is 1. The second-order valence-corrected chi connectivity index (χ2v) is 16.3. The van der Waals surface area contributed by atoms with E-state index in [1.165, 1.54) is 17.2 Å².